The monoisotopic (exact) mass is 526 g/mol. The molecule has 0 saturated carbocycles. The Morgan fingerprint density at radius 2 is 1.76 bits per heavy atom. The summed E-state index contributed by atoms with van der Waals surface area (Å²) in [5.74, 6) is -0.0115. The van der Waals surface area contributed by atoms with E-state index >= 15 is 0 Å². The summed E-state index contributed by atoms with van der Waals surface area (Å²) in [6.45, 7) is 0. The topological polar surface area (TPSA) is 85.4 Å². The fourth-order valence-corrected chi connectivity index (χ4v) is 4.71. The third-order valence-electron chi connectivity index (χ3n) is 4.59. The first-order chi connectivity index (χ1) is 15.8. The van der Waals surface area contributed by atoms with Gasteiger partial charge in [0.05, 0.1) is 40.7 Å². The SMILES string of the molecule is COc1cc(OC)c(Cl)c(NC(=O)c2csc3c(Nc4ccc(F)c(Cl)c4)ncnc23)c1Cl. The molecule has 0 atom stereocenters. The number of aromatic nitrogens is 2. The number of carbonyl (C=O) groups is 1. The lowest BCUT2D eigenvalue weighted by atomic mass is 10.2. The Bertz CT molecular complexity index is 1350. The second-order valence-corrected chi connectivity index (χ2v) is 8.58. The molecular formula is C21H14Cl3FN4O3S. The minimum Gasteiger partial charge on any atom is -0.495 e. The molecule has 2 aromatic heterocycles. The molecule has 12 heteroatoms. The van der Waals surface area contributed by atoms with E-state index in [1.807, 2.05) is 0 Å². The van der Waals surface area contributed by atoms with Gasteiger partial charge >= 0.3 is 0 Å². The largest absolute Gasteiger partial charge is 0.495 e. The highest BCUT2D eigenvalue weighted by Crippen LogP contribution is 2.44. The van der Waals surface area contributed by atoms with Crippen LogP contribution in [-0.4, -0.2) is 30.1 Å². The maximum atomic E-state index is 13.5. The normalized spacial score (nSPS) is 10.8. The van der Waals surface area contributed by atoms with Gasteiger partial charge in [0, 0.05) is 17.1 Å². The molecule has 0 saturated heterocycles. The number of benzene rings is 2. The van der Waals surface area contributed by atoms with Crippen LogP contribution in [0.3, 0.4) is 0 Å². The number of thiophene rings is 1. The molecule has 2 heterocycles. The van der Waals surface area contributed by atoms with Crippen molar-refractivity contribution in [3.63, 3.8) is 0 Å². The molecule has 0 spiro atoms. The molecule has 7 nitrogen and oxygen atoms in total. The van der Waals surface area contributed by atoms with E-state index in [1.165, 1.54) is 56.1 Å². The van der Waals surface area contributed by atoms with Crippen molar-refractivity contribution >= 4 is 79.5 Å². The van der Waals surface area contributed by atoms with E-state index in [-0.39, 0.29) is 37.8 Å². The Labute approximate surface area is 206 Å². The van der Waals surface area contributed by atoms with Crippen LogP contribution in [0.2, 0.25) is 15.1 Å². The molecule has 0 unspecified atom stereocenters. The summed E-state index contributed by atoms with van der Waals surface area (Å²) < 4.78 is 24.5. The van der Waals surface area contributed by atoms with E-state index in [9.17, 15) is 9.18 Å². The molecule has 170 valence electrons. The Morgan fingerprint density at radius 1 is 1.06 bits per heavy atom. The van der Waals surface area contributed by atoms with Gasteiger partial charge in [-0.2, -0.15) is 0 Å². The van der Waals surface area contributed by atoms with Crippen LogP contribution in [0.4, 0.5) is 21.6 Å². The van der Waals surface area contributed by atoms with Gasteiger partial charge in [0.25, 0.3) is 5.91 Å². The van der Waals surface area contributed by atoms with Crippen molar-refractivity contribution in [2.45, 2.75) is 0 Å². The van der Waals surface area contributed by atoms with E-state index in [0.717, 1.165) is 0 Å². The van der Waals surface area contributed by atoms with E-state index in [1.54, 1.807) is 5.38 Å². The Balaban J connectivity index is 1.68. The number of nitrogens with one attached hydrogen (secondary N) is 2. The summed E-state index contributed by atoms with van der Waals surface area (Å²) in [6.07, 6.45) is 1.31. The molecule has 4 aromatic rings. The Kier molecular flexibility index (Phi) is 6.76. The second-order valence-electron chi connectivity index (χ2n) is 6.54. The van der Waals surface area contributed by atoms with Crippen LogP contribution in [-0.2, 0) is 0 Å². The predicted molar refractivity (Wildman–Crippen MR) is 130 cm³/mol. The molecule has 2 N–H and O–H groups in total. The third-order valence-corrected chi connectivity index (χ3v) is 6.61. The van der Waals surface area contributed by atoms with Crippen LogP contribution in [0.5, 0.6) is 11.5 Å². The van der Waals surface area contributed by atoms with Gasteiger partial charge in [0.15, 0.2) is 5.82 Å². The first-order valence-corrected chi connectivity index (χ1v) is 11.2. The zero-order valence-corrected chi connectivity index (χ0v) is 20.1. The smallest absolute Gasteiger partial charge is 0.258 e. The van der Waals surface area contributed by atoms with Crippen molar-refractivity contribution < 1.29 is 18.7 Å². The third kappa shape index (κ3) is 4.49. The van der Waals surface area contributed by atoms with Crippen LogP contribution < -0.4 is 20.1 Å². The van der Waals surface area contributed by atoms with Crippen LogP contribution in [0, 0.1) is 5.82 Å². The Morgan fingerprint density at radius 3 is 2.39 bits per heavy atom. The molecule has 2 aromatic carbocycles. The standard InChI is InChI=1S/C21H14Cl3FN4O3S/c1-31-13-6-14(32-2)16(24)18(15(13)23)29-21(30)10-7-33-19-17(10)26-8-27-20(19)28-9-3-4-12(25)11(22)5-9/h3-8H,1-2H3,(H,29,30)(H,26,27,28). The highest BCUT2D eigenvalue weighted by atomic mass is 35.5. The fraction of sp³-hybridized carbons (Fsp3) is 0.0952. The van der Waals surface area contributed by atoms with E-state index < -0.39 is 11.7 Å². The number of hydrogen-bond acceptors (Lipinski definition) is 7. The average molecular weight is 528 g/mol. The van der Waals surface area contributed by atoms with Crippen LogP contribution in [0.25, 0.3) is 10.2 Å². The van der Waals surface area contributed by atoms with Gasteiger partial charge < -0.3 is 20.1 Å². The van der Waals surface area contributed by atoms with Gasteiger partial charge in [-0.1, -0.05) is 34.8 Å². The molecule has 0 aliphatic heterocycles. The molecule has 0 fully saturated rings. The van der Waals surface area contributed by atoms with Crippen LogP contribution in [0.1, 0.15) is 10.4 Å². The zero-order valence-electron chi connectivity index (χ0n) is 17.0. The maximum Gasteiger partial charge on any atom is 0.258 e. The second kappa shape index (κ2) is 9.56. The highest BCUT2D eigenvalue weighted by molar-refractivity contribution is 7.18. The molecule has 33 heavy (non-hydrogen) atoms. The first-order valence-electron chi connectivity index (χ1n) is 9.19. The van der Waals surface area contributed by atoms with Gasteiger partial charge in [-0.05, 0) is 18.2 Å². The summed E-state index contributed by atoms with van der Waals surface area (Å²) in [6, 6.07) is 5.72. The van der Waals surface area contributed by atoms with Gasteiger partial charge in [0.1, 0.15) is 33.7 Å². The molecule has 0 aliphatic rings. The van der Waals surface area contributed by atoms with Crippen LogP contribution >= 0.6 is 46.1 Å². The lowest BCUT2D eigenvalue weighted by Crippen LogP contribution is -2.13. The Hall–Kier alpha value is -2.85. The maximum absolute atomic E-state index is 13.5. The number of methoxy groups -OCH3 is 2. The summed E-state index contributed by atoms with van der Waals surface area (Å²) in [5, 5.41) is 7.64. The molecular weight excluding hydrogens is 514 g/mol. The number of nitrogens with zero attached hydrogens (tertiary/aromatic N) is 2. The minimum atomic E-state index is -0.531. The van der Waals surface area contributed by atoms with Gasteiger partial charge in [-0.25, -0.2) is 14.4 Å². The van der Waals surface area contributed by atoms with Crippen molar-refractivity contribution in [3.8, 4) is 11.5 Å². The average Bonchev–Trinajstić information content (AvgIpc) is 3.24. The number of fused-ring (bicyclic) bond motifs is 1. The summed E-state index contributed by atoms with van der Waals surface area (Å²) in [7, 11) is 2.87. The number of carbonyl (C=O) groups excluding carboxylic acids is 1. The van der Waals surface area contributed by atoms with E-state index in [2.05, 4.69) is 20.6 Å². The molecule has 4 rings (SSSR count). The number of rotatable bonds is 6. The van der Waals surface area contributed by atoms with Gasteiger partial charge in [0.2, 0.25) is 0 Å². The summed E-state index contributed by atoms with van der Waals surface area (Å²) in [4.78, 5) is 21.6. The zero-order chi connectivity index (χ0) is 23.7. The first kappa shape index (κ1) is 23.3. The molecule has 0 radical (unpaired) electrons. The quantitative estimate of drug-likeness (QED) is 0.287. The number of amides is 1. The highest BCUT2D eigenvalue weighted by Gasteiger charge is 2.22. The van der Waals surface area contributed by atoms with Crippen molar-refractivity contribution in [1.82, 2.24) is 9.97 Å². The van der Waals surface area contributed by atoms with Crippen molar-refractivity contribution in [1.29, 1.82) is 0 Å². The van der Waals surface area contributed by atoms with Gasteiger partial charge in [-0.3, -0.25) is 4.79 Å². The molecule has 0 aliphatic carbocycles. The minimum absolute atomic E-state index is 0.0287. The number of halogens is 4. The van der Waals surface area contributed by atoms with Crippen molar-refractivity contribution in [3.05, 3.63) is 62.4 Å². The molecule has 1 amide bonds. The lowest BCUT2D eigenvalue weighted by Gasteiger charge is -2.15. The lowest BCUT2D eigenvalue weighted by molar-refractivity contribution is 0.102. The predicted octanol–water partition coefficient (Wildman–Crippen LogP) is 6.80. The number of anilines is 3. The fourth-order valence-electron chi connectivity index (χ4n) is 2.99. The van der Waals surface area contributed by atoms with E-state index in [4.69, 9.17) is 44.3 Å². The summed E-state index contributed by atoms with van der Waals surface area (Å²) >= 11 is 19.8. The van der Waals surface area contributed by atoms with E-state index in [0.29, 0.717) is 21.7 Å². The van der Waals surface area contributed by atoms with Gasteiger partial charge in [-0.15, -0.1) is 11.3 Å². The number of hydrogen-bond donors (Lipinski definition) is 2. The van der Waals surface area contributed by atoms with Crippen molar-refractivity contribution in [2.75, 3.05) is 24.9 Å². The number of ether oxygens (including phenoxy) is 2. The van der Waals surface area contributed by atoms with Crippen molar-refractivity contribution in [2.24, 2.45) is 0 Å². The van der Waals surface area contributed by atoms with Crippen LogP contribution in [0.15, 0.2) is 36.0 Å². The summed E-state index contributed by atoms with van der Waals surface area (Å²) in [5.41, 5.74) is 1.37. The molecule has 0 bridgehead atoms.